The molecule has 0 heterocycles. The minimum atomic E-state index is 0.0399. The molecule has 1 N–H and O–H groups in total. The molecule has 0 aliphatic heterocycles. The summed E-state index contributed by atoms with van der Waals surface area (Å²) in [6.45, 7) is 4.64. The number of benzene rings is 1. The van der Waals surface area contributed by atoms with Crippen molar-refractivity contribution in [3.8, 4) is 6.07 Å². The third-order valence-corrected chi connectivity index (χ3v) is 2.50. The Hall–Kier alpha value is -1.01. The zero-order valence-corrected chi connectivity index (χ0v) is 9.93. The van der Waals surface area contributed by atoms with Gasteiger partial charge in [0.1, 0.15) is 0 Å². The van der Waals surface area contributed by atoms with Crippen molar-refractivity contribution >= 4 is 21.6 Å². The van der Waals surface area contributed by atoms with Gasteiger partial charge in [-0.15, -0.1) is 0 Å². The van der Waals surface area contributed by atoms with Crippen LogP contribution >= 0.6 is 15.9 Å². The largest absolute Gasteiger partial charge is 0.384 e. The molecule has 1 aromatic carbocycles. The summed E-state index contributed by atoms with van der Waals surface area (Å²) in [5.41, 5.74) is 2.28. The normalized spacial score (nSPS) is 11.9. The van der Waals surface area contributed by atoms with E-state index in [9.17, 15) is 0 Å². The molecule has 14 heavy (non-hydrogen) atoms. The van der Waals surface area contributed by atoms with Crippen LogP contribution in [0.3, 0.4) is 0 Å². The number of rotatable bonds is 3. The first-order chi connectivity index (χ1) is 6.63. The summed E-state index contributed by atoms with van der Waals surface area (Å²) in [4.78, 5) is 0. The van der Waals surface area contributed by atoms with E-state index >= 15 is 0 Å². The summed E-state index contributed by atoms with van der Waals surface area (Å²) in [5.74, 6) is 0.0399. The van der Waals surface area contributed by atoms with Crippen molar-refractivity contribution in [2.24, 2.45) is 5.92 Å². The Kier molecular flexibility index (Phi) is 3.97. The standard InChI is InChI=1S/C11H13BrN2/c1-8(6-13)7-14-11-4-3-10(12)5-9(11)2/h3-5,8,14H,7H2,1-2H3. The predicted octanol–water partition coefficient (Wildman–Crippen LogP) is 3.33. The topological polar surface area (TPSA) is 35.8 Å². The van der Waals surface area contributed by atoms with Crippen LogP contribution in [0.5, 0.6) is 0 Å². The Morgan fingerprint density at radius 2 is 2.29 bits per heavy atom. The molecule has 0 fully saturated rings. The Labute approximate surface area is 93.1 Å². The summed E-state index contributed by atoms with van der Waals surface area (Å²) in [6, 6.07) is 8.26. The van der Waals surface area contributed by atoms with E-state index in [4.69, 9.17) is 5.26 Å². The molecule has 74 valence electrons. The maximum Gasteiger partial charge on any atom is 0.0671 e. The van der Waals surface area contributed by atoms with Crippen LogP contribution in [-0.2, 0) is 0 Å². The van der Waals surface area contributed by atoms with Crippen LogP contribution < -0.4 is 5.32 Å². The number of nitriles is 1. The monoisotopic (exact) mass is 252 g/mol. The van der Waals surface area contributed by atoms with Gasteiger partial charge in [-0.1, -0.05) is 15.9 Å². The fraction of sp³-hybridized carbons (Fsp3) is 0.364. The fourth-order valence-corrected chi connectivity index (χ4v) is 1.61. The number of hydrogen-bond acceptors (Lipinski definition) is 2. The van der Waals surface area contributed by atoms with Gasteiger partial charge in [0.2, 0.25) is 0 Å². The zero-order chi connectivity index (χ0) is 10.6. The van der Waals surface area contributed by atoms with Crippen molar-refractivity contribution in [1.82, 2.24) is 0 Å². The van der Waals surface area contributed by atoms with Crippen molar-refractivity contribution in [1.29, 1.82) is 5.26 Å². The van der Waals surface area contributed by atoms with E-state index in [1.54, 1.807) is 0 Å². The maximum absolute atomic E-state index is 8.63. The van der Waals surface area contributed by atoms with Gasteiger partial charge in [0.05, 0.1) is 12.0 Å². The Morgan fingerprint density at radius 3 is 2.86 bits per heavy atom. The third kappa shape index (κ3) is 3.04. The number of hydrogen-bond donors (Lipinski definition) is 1. The first-order valence-electron chi connectivity index (χ1n) is 4.53. The summed E-state index contributed by atoms with van der Waals surface area (Å²) in [6.07, 6.45) is 0. The van der Waals surface area contributed by atoms with E-state index in [1.165, 1.54) is 5.56 Å². The lowest BCUT2D eigenvalue weighted by atomic mass is 10.1. The molecule has 0 saturated carbocycles. The molecule has 3 heteroatoms. The molecule has 1 aromatic rings. The molecular formula is C11H13BrN2. The van der Waals surface area contributed by atoms with Gasteiger partial charge in [0.25, 0.3) is 0 Å². The van der Waals surface area contributed by atoms with E-state index in [-0.39, 0.29) is 5.92 Å². The molecule has 1 rings (SSSR count). The molecule has 0 bridgehead atoms. The lowest BCUT2D eigenvalue weighted by Gasteiger charge is -2.10. The highest BCUT2D eigenvalue weighted by Crippen LogP contribution is 2.20. The second-order valence-electron chi connectivity index (χ2n) is 3.37. The Bertz CT molecular complexity index is 355. The van der Waals surface area contributed by atoms with Gasteiger partial charge in [-0.25, -0.2) is 0 Å². The molecule has 0 radical (unpaired) electrons. The number of halogens is 1. The Morgan fingerprint density at radius 1 is 1.57 bits per heavy atom. The summed E-state index contributed by atoms with van der Waals surface area (Å²) in [5, 5.41) is 11.9. The van der Waals surface area contributed by atoms with Crippen LogP contribution in [-0.4, -0.2) is 6.54 Å². The van der Waals surface area contributed by atoms with Crippen molar-refractivity contribution in [3.05, 3.63) is 28.2 Å². The first-order valence-corrected chi connectivity index (χ1v) is 5.32. The van der Waals surface area contributed by atoms with Gasteiger partial charge < -0.3 is 5.32 Å². The molecule has 0 aromatic heterocycles. The van der Waals surface area contributed by atoms with Crippen molar-refractivity contribution in [3.63, 3.8) is 0 Å². The molecule has 1 atom stereocenters. The third-order valence-electron chi connectivity index (χ3n) is 2.01. The molecule has 0 aliphatic carbocycles. The highest BCUT2D eigenvalue weighted by Gasteiger charge is 2.01. The number of nitrogens with zero attached hydrogens (tertiary/aromatic N) is 1. The molecule has 0 aliphatic rings. The van der Waals surface area contributed by atoms with Crippen LogP contribution in [0, 0.1) is 24.2 Å². The minimum Gasteiger partial charge on any atom is -0.384 e. The van der Waals surface area contributed by atoms with Crippen LogP contribution in [0.25, 0.3) is 0 Å². The number of anilines is 1. The number of nitrogens with one attached hydrogen (secondary N) is 1. The summed E-state index contributed by atoms with van der Waals surface area (Å²) < 4.78 is 1.08. The lowest BCUT2D eigenvalue weighted by molar-refractivity contribution is 0.785. The van der Waals surface area contributed by atoms with Gasteiger partial charge in [0.15, 0.2) is 0 Å². The lowest BCUT2D eigenvalue weighted by Crippen LogP contribution is -2.09. The van der Waals surface area contributed by atoms with Crippen LogP contribution in [0.4, 0.5) is 5.69 Å². The van der Waals surface area contributed by atoms with Crippen LogP contribution in [0.2, 0.25) is 0 Å². The van der Waals surface area contributed by atoms with E-state index in [0.29, 0.717) is 6.54 Å². The van der Waals surface area contributed by atoms with E-state index < -0.39 is 0 Å². The van der Waals surface area contributed by atoms with E-state index in [1.807, 2.05) is 26.0 Å². The minimum absolute atomic E-state index is 0.0399. The van der Waals surface area contributed by atoms with Crippen molar-refractivity contribution < 1.29 is 0 Å². The fourth-order valence-electron chi connectivity index (χ4n) is 1.13. The van der Waals surface area contributed by atoms with E-state index in [2.05, 4.69) is 33.4 Å². The zero-order valence-electron chi connectivity index (χ0n) is 8.34. The van der Waals surface area contributed by atoms with Gasteiger partial charge in [-0.05, 0) is 37.6 Å². The van der Waals surface area contributed by atoms with Gasteiger partial charge in [-0.2, -0.15) is 5.26 Å². The van der Waals surface area contributed by atoms with Crippen LogP contribution in [0.1, 0.15) is 12.5 Å². The van der Waals surface area contributed by atoms with Crippen molar-refractivity contribution in [2.45, 2.75) is 13.8 Å². The second kappa shape index (κ2) is 5.02. The average Bonchev–Trinajstić information content (AvgIpc) is 2.16. The molecule has 0 saturated heterocycles. The van der Waals surface area contributed by atoms with Gasteiger partial charge in [0, 0.05) is 16.7 Å². The highest BCUT2D eigenvalue weighted by atomic mass is 79.9. The maximum atomic E-state index is 8.63. The molecule has 0 amide bonds. The SMILES string of the molecule is Cc1cc(Br)ccc1NCC(C)C#N. The van der Waals surface area contributed by atoms with Gasteiger partial charge in [-0.3, -0.25) is 0 Å². The highest BCUT2D eigenvalue weighted by molar-refractivity contribution is 9.10. The average molecular weight is 253 g/mol. The van der Waals surface area contributed by atoms with E-state index in [0.717, 1.165) is 10.2 Å². The summed E-state index contributed by atoms with van der Waals surface area (Å²) in [7, 11) is 0. The molecular weight excluding hydrogens is 240 g/mol. The molecule has 0 spiro atoms. The second-order valence-corrected chi connectivity index (χ2v) is 4.29. The van der Waals surface area contributed by atoms with Crippen LogP contribution in [0.15, 0.2) is 22.7 Å². The number of aryl methyl sites for hydroxylation is 1. The molecule has 1 unspecified atom stereocenters. The predicted molar refractivity (Wildman–Crippen MR) is 62.1 cm³/mol. The first kappa shape index (κ1) is 11.1. The molecule has 2 nitrogen and oxygen atoms in total. The van der Waals surface area contributed by atoms with Gasteiger partial charge >= 0.3 is 0 Å². The van der Waals surface area contributed by atoms with Crippen molar-refractivity contribution in [2.75, 3.05) is 11.9 Å². The Balaban J connectivity index is 2.64. The quantitative estimate of drug-likeness (QED) is 0.896. The summed E-state index contributed by atoms with van der Waals surface area (Å²) >= 11 is 3.41. The smallest absolute Gasteiger partial charge is 0.0671 e.